The molecule has 0 aliphatic rings. The van der Waals surface area contributed by atoms with Crippen LogP contribution in [0.2, 0.25) is 0 Å². The van der Waals surface area contributed by atoms with Gasteiger partial charge in [-0.05, 0) is 60.1 Å². The third-order valence-corrected chi connectivity index (χ3v) is 3.39. The average Bonchev–Trinajstić information content (AvgIpc) is 2.40. The summed E-state index contributed by atoms with van der Waals surface area (Å²) >= 11 is 0. The van der Waals surface area contributed by atoms with E-state index in [1.807, 2.05) is 59.9 Å². The Balaban J connectivity index is 2.60. The van der Waals surface area contributed by atoms with E-state index in [2.05, 4.69) is 17.2 Å². The van der Waals surface area contributed by atoms with Crippen LogP contribution in [0.25, 0.3) is 0 Å². The Morgan fingerprint density at radius 3 is 2.43 bits per heavy atom. The van der Waals surface area contributed by atoms with Crippen LogP contribution in [0.1, 0.15) is 60.1 Å². The highest BCUT2D eigenvalue weighted by atomic mass is 16.6. The fourth-order valence-electron chi connectivity index (χ4n) is 2.16. The molecule has 0 saturated carbocycles. The third kappa shape index (κ3) is 6.99. The SMILES string of the molecule is CC(NCCN(C(=O)OC(C)(C)C)C(C)(C)C)c1cccnc1. The minimum Gasteiger partial charge on any atom is -0.444 e. The maximum atomic E-state index is 12.4. The summed E-state index contributed by atoms with van der Waals surface area (Å²) in [5.74, 6) is 0. The molecule has 130 valence electrons. The first kappa shape index (κ1) is 19.4. The maximum Gasteiger partial charge on any atom is 0.410 e. The van der Waals surface area contributed by atoms with Crippen LogP contribution in [0.5, 0.6) is 0 Å². The number of nitrogens with zero attached hydrogens (tertiary/aromatic N) is 2. The van der Waals surface area contributed by atoms with Crippen LogP contribution in [0, 0.1) is 0 Å². The van der Waals surface area contributed by atoms with E-state index in [1.54, 1.807) is 11.1 Å². The molecule has 1 aromatic rings. The molecule has 0 fully saturated rings. The Morgan fingerprint density at radius 1 is 1.30 bits per heavy atom. The molecule has 1 aromatic heterocycles. The van der Waals surface area contributed by atoms with Gasteiger partial charge in [0, 0.05) is 37.1 Å². The van der Waals surface area contributed by atoms with Gasteiger partial charge in [0.05, 0.1) is 0 Å². The van der Waals surface area contributed by atoms with E-state index in [9.17, 15) is 4.79 Å². The van der Waals surface area contributed by atoms with Crippen LogP contribution in [-0.4, -0.2) is 40.2 Å². The van der Waals surface area contributed by atoms with Gasteiger partial charge in [-0.25, -0.2) is 4.79 Å². The Bertz CT molecular complexity index is 489. The number of rotatable bonds is 5. The summed E-state index contributed by atoms with van der Waals surface area (Å²) in [7, 11) is 0. The summed E-state index contributed by atoms with van der Waals surface area (Å²) in [6.45, 7) is 15.1. The van der Waals surface area contributed by atoms with Gasteiger partial charge in [-0.1, -0.05) is 6.07 Å². The highest BCUT2D eigenvalue weighted by Gasteiger charge is 2.30. The number of aromatic nitrogens is 1. The summed E-state index contributed by atoms with van der Waals surface area (Å²) in [4.78, 5) is 18.3. The van der Waals surface area contributed by atoms with Crippen molar-refractivity contribution in [2.24, 2.45) is 0 Å². The smallest absolute Gasteiger partial charge is 0.410 e. The van der Waals surface area contributed by atoms with Crippen molar-refractivity contribution in [2.45, 2.75) is 65.6 Å². The standard InChI is InChI=1S/C18H31N3O2/c1-14(15-9-8-10-19-13-15)20-11-12-21(17(2,3)4)16(22)23-18(5,6)7/h8-10,13-14,20H,11-12H2,1-7H3. The van der Waals surface area contributed by atoms with Crippen molar-refractivity contribution < 1.29 is 9.53 Å². The molecule has 0 aliphatic carbocycles. The largest absolute Gasteiger partial charge is 0.444 e. The van der Waals surface area contributed by atoms with Crippen molar-refractivity contribution in [1.82, 2.24) is 15.2 Å². The predicted molar refractivity (Wildman–Crippen MR) is 93.3 cm³/mol. The number of carbonyl (C=O) groups is 1. The topological polar surface area (TPSA) is 54.5 Å². The molecular formula is C18H31N3O2. The van der Waals surface area contributed by atoms with Gasteiger partial charge in [0.15, 0.2) is 0 Å². The number of carbonyl (C=O) groups excluding carboxylic acids is 1. The fraction of sp³-hybridized carbons (Fsp3) is 0.667. The highest BCUT2D eigenvalue weighted by molar-refractivity contribution is 5.69. The average molecular weight is 321 g/mol. The van der Waals surface area contributed by atoms with Crippen molar-refractivity contribution >= 4 is 6.09 Å². The second kappa shape index (κ2) is 7.77. The zero-order chi connectivity index (χ0) is 17.7. The van der Waals surface area contributed by atoms with E-state index in [-0.39, 0.29) is 17.7 Å². The predicted octanol–water partition coefficient (Wildman–Crippen LogP) is 3.77. The van der Waals surface area contributed by atoms with Crippen LogP contribution in [-0.2, 0) is 4.74 Å². The van der Waals surface area contributed by atoms with Gasteiger partial charge in [0.25, 0.3) is 0 Å². The molecule has 0 aliphatic heterocycles. The van der Waals surface area contributed by atoms with Crippen molar-refractivity contribution in [3.05, 3.63) is 30.1 Å². The summed E-state index contributed by atoms with van der Waals surface area (Å²) in [5.41, 5.74) is 0.352. The Hall–Kier alpha value is -1.62. The lowest BCUT2D eigenvalue weighted by Gasteiger charge is -2.37. The quantitative estimate of drug-likeness (QED) is 0.897. The van der Waals surface area contributed by atoms with Gasteiger partial charge in [-0.2, -0.15) is 0 Å². The molecule has 5 nitrogen and oxygen atoms in total. The van der Waals surface area contributed by atoms with E-state index in [0.717, 1.165) is 5.56 Å². The van der Waals surface area contributed by atoms with Crippen LogP contribution in [0.15, 0.2) is 24.5 Å². The minimum atomic E-state index is -0.489. The molecule has 1 N–H and O–H groups in total. The van der Waals surface area contributed by atoms with Crippen molar-refractivity contribution in [3.63, 3.8) is 0 Å². The van der Waals surface area contributed by atoms with E-state index in [4.69, 9.17) is 4.74 Å². The van der Waals surface area contributed by atoms with E-state index < -0.39 is 5.60 Å². The first-order valence-electron chi connectivity index (χ1n) is 8.14. The van der Waals surface area contributed by atoms with Gasteiger partial charge in [-0.3, -0.25) is 4.98 Å². The molecule has 5 heteroatoms. The molecule has 1 heterocycles. The first-order valence-corrected chi connectivity index (χ1v) is 8.14. The molecule has 1 atom stereocenters. The fourth-order valence-corrected chi connectivity index (χ4v) is 2.16. The first-order chi connectivity index (χ1) is 10.5. The maximum absolute atomic E-state index is 12.4. The van der Waals surface area contributed by atoms with Crippen LogP contribution in [0.4, 0.5) is 4.79 Å². The van der Waals surface area contributed by atoms with Crippen LogP contribution < -0.4 is 5.32 Å². The minimum absolute atomic E-state index is 0.184. The summed E-state index contributed by atoms with van der Waals surface area (Å²) in [6.07, 6.45) is 3.34. The molecule has 1 amide bonds. The number of hydrogen-bond donors (Lipinski definition) is 1. The van der Waals surface area contributed by atoms with Crippen molar-refractivity contribution in [1.29, 1.82) is 0 Å². The Morgan fingerprint density at radius 2 is 1.96 bits per heavy atom. The highest BCUT2D eigenvalue weighted by Crippen LogP contribution is 2.18. The van der Waals surface area contributed by atoms with Gasteiger partial charge in [-0.15, -0.1) is 0 Å². The Labute approximate surface area is 140 Å². The Kier molecular flexibility index (Phi) is 6.57. The van der Waals surface area contributed by atoms with Gasteiger partial charge >= 0.3 is 6.09 Å². The monoisotopic (exact) mass is 321 g/mol. The number of amides is 1. The lowest BCUT2D eigenvalue weighted by atomic mass is 10.1. The zero-order valence-corrected chi connectivity index (χ0v) is 15.5. The normalized spacial score (nSPS) is 13.5. The number of nitrogens with one attached hydrogen (secondary N) is 1. The van der Waals surface area contributed by atoms with Gasteiger partial charge < -0.3 is 15.0 Å². The van der Waals surface area contributed by atoms with Gasteiger partial charge in [0.2, 0.25) is 0 Å². The second-order valence-electron chi connectivity index (χ2n) is 7.76. The van der Waals surface area contributed by atoms with Crippen molar-refractivity contribution in [3.8, 4) is 0 Å². The zero-order valence-electron chi connectivity index (χ0n) is 15.5. The lowest BCUT2D eigenvalue weighted by Crippen LogP contribution is -2.50. The molecule has 0 aromatic carbocycles. The third-order valence-electron chi connectivity index (χ3n) is 3.39. The molecule has 0 bridgehead atoms. The summed E-state index contributed by atoms with van der Waals surface area (Å²) < 4.78 is 5.52. The van der Waals surface area contributed by atoms with Crippen LogP contribution in [0.3, 0.4) is 0 Å². The number of pyridine rings is 1. The molecule has 0 radical (unpaired) electrons. The molecule has 0 spiro atoms. The second-order valence-corrected chi connectivity index (χ2v) is 7.76. The van der Waals surface area contributed by atoms with Crippen molar-refractivity contribution in [2.75, 3.05) is 13.1 Å². The molecular weight excluding hydrogens is 290 g/mol. The number of hydrogen-bond acceptors (Lipinski definition) is 4. The molecule has 1 rings (SSSR count). The van der Waals surface area contributed by atoms with E-state index >= 15 is 0 Å². The summed E-state index contributed by atoms with van der Waals surface area (Å²) in [6, 6.07) is 4.15. The lowest BCUT2D eigenvalue weighted by molar-refractivity contribution is 0.00649. The van der Waals surface area contributed by atoms with E-state index in [0.29, 0.717) is 13.1 Å². The molecule has 1 unspecified atom stereocenters. The molecule has 0 saturated heterocycles. The number of ether oxygens (including phenoxy) is 1. The van der Waals surface area contributed by atoms with Gasteiger partial charge in [0.1, 0.15) is 5.60 Å². The summed E-state index contributed by atoms with van der Waals surface area (Å²) in [5, 5.41) is 3.43. The van der Waals surface area contributed by atoms with E-state index in [1.165, 1.54) is 0 Å². The van der Waals surface area contributed by atoms with Crippen LogP contribution >= 0.6 is 0 Å². The molecule has 23 heavy (non-hydrogen) atoms.